The van der Waals surface area contributed by atoms with Crippen LogP contribution in [0.4, 0.5) is 0 Å². The molecule has 2 N–H and O–H groups in total. The van der Waals surface area contributed by atoms with E-state index in [-0.39, 0.29) is 30.0 Å². The summed E-state index contributed by atoms with van der Waals surface area (Å²) in [6.07, 6.45) is 2.54. The summed E-state index contributed by atoms with van der Waals surface area (Å²) in [5.41, 5.74) is 1.25. The maximum absolute atomic E-state index is 5.62. The van der Waals surface area contributed by atoms with Gasteiger partial charge in [-0.1, -0.05) is 12.1 Å². The van der Waals surface area contributed by atoms with E-state index in [1.165, 1.54) is 5.56 Å². The lowest BCUT2D eigenvalue weighted by Gasteiger charge is -2.35. The Morgan fingerprint density at radius 3 is 2.59 bits per heavy atom. The van der Waals surface area contributed by atoms with Gasteiger partial charge in [0.05, 0.1) is 32.6 Å². The number of rotatable bonds is 11. The predicted molar refractivity (Wildman–Crippen MR) is 136 cm³/mol. The van der Waals surface area contributed by atoms with Crippen LogP contribution in [0.25, 0.3) is 0 Å². The molecule has 1 aliphatic heterocycles. The molecule has 0 aliphatic carbocycles. The van der Waals surface area contributed by atoms with Crippen molar-refractivity contribution < 1.29 is 18.6 Å². The van der Waals surface area contributed by atoms with Crippen molar-refractivity contribution >= 4 is 29.9 Å². The molecular weight excluding hydrogens is 523 g/mol. The molecule has 1 aliphatic rings. The number of hydrogen-bond acceptors (Lipinski definition) is 6. The molecule has 0 radical (unpaired) electrons. The van der Waals surface area contributed by atoms with Crippen molar-refractivity contribution in [3.05, 3.63) is 54.0 Å². The number of nitrogens with zero attached hydrogens (tertiary/aromatic N) is 2. The van der Waals surface area contributed by atoms with Crippen molar-refractivity contribution in [2.75, 3.05) is 60.2 Å². The molecule has 178 valence electrons. The van der Waals surface area contributed by atoms with Crippen LogP contribution in [0.2, 0.25) is 0 Å². The van der Waals surface area contributed by atoms with Crippen molar-refractivity contribution in [3.63, 3.8) is 0 Å². The molecule has 2 aromatic rings. The molecule has 9 heteroatoms. The summed E-state index contributed by atoms with van der Waals surface area (Å²) in [7, 11) is 3.48. The van der Waals surface area contributed by atoms with Gasteiger partial charge in [0.15, 0.2) is 5.96 Å². The molecule has 3 rings (SSSR count). The number of methoxy groups -OCH3 is 1. The van der Waals surface area contributed by atoms with Gasteiger partial charge in [-0.25, -0.2) is 0 Å². The molecule has 1 atom stereocenters. The van der Waals surface area contributed by atoms with Gasteiger partial charge >= 0.3 is 0 Å². The maximum Gasteiger partial charge on any atom is 0.191 e. The highest BCUT2D eigenvalue weighted by Gasteiger charge is 2.23. The lowest BCUT2D eigenvalue weighted by atomic mass is 10.0. The molecule has 0 saturated carbocycles. The molecule has 1 fully saturated rings. The number of ether oxygens (including phenoxy) is 3. The van der Waals surface area contributed by atoms with Gasteiger partial charge in [-0.05, 0) is 36.2 Å². The fraction of sp³-hybridized carbons (Fsp3) is 0.522. The highest BCUT2D eigenvalue weighted by atomic mass is 127. The molecule has 1 unspecified atom stereocenters. The summed E-state index contributed by atoms with van der Waals surface area (Å²) in [5.74, 6) is 2.50. The Balaban J connectivity index is 0.00000363. The molecule has 2 heterocycles. The summed E-state index contributed by atoms with van der Waals surface area (Å²) < 4.78 is 21.7. The zero-order valence-electron chi connectivity index (χ0n) is 18.9. The van der Waals surface area contributed by atoms with Crippen LogP contribution in [-0.2, 0) is 16.1 Å². The molecule has 0 bridgehead atoms. The molecule has 1 aromatic heterocycles. The summed E-state index contributed by atoms with van der Waals surface area (Å²) in [4.78, 5) is 6.81. The van der Waals surface area contributed by atoms with E-state index in [2.05, 4.69) is 32.7 Å². The molecule has 8 nitrogen and oxygen atoms in total. The minimum atomic E-state index is 0. The van der Waals surface area contributed by atoms with Crippen LogP contribution in [0, 0.1) is 0 Å². The van der Waals surface area contributed by atoms with Gasteiger partial charge in [0, 0.05) is 39.8 Å². The number of furan rings is 1. The average Bonchev–Trinajstić information content (AvgIpc) is 3.34. The zero-order valence-corrected chi connectivity index (χ0v) is 21.2. The molecule has 0 spiro atoms. The lowest BCUT2D eigenvalue weighted by molar-refractivity contribution is 0.0170. The minimum Gasteiger partial charge on any atom is -0.497 e. The van der Waals surface area contributed by atoms with Gasteiger partial charge in [-0.15, -0.1) is 24.0 Å². The zero-order chi connectivity index (χ0) is 21.7. The summed E-state index contributed by atoms with van der Waals surface area (Å²) >= 11 is 0. The summed E-state index contributed by atoms with van der Waals surface area (Å²) in [6.45, 7) is 6.05. The number of hydrogen-bond donors (Lipinski definition) is 2. The van der Waals surface area contributed by atoms with Gasteiger partial charge < -0.3 is 29.3 Å². The van der Waals surface area contributed by atoms with Crippen molar-refractivity contribution in [2.24, 2.45) is 4.99 Å². The van der Waals surface area contributed by atoms with E-state index in [9.17, 15) is 0 Å². The molecular formula is C23H35IN4O4. The highest BCUT2D eigenvalue weighted by Crippen LogP contribution is 2.23. The number of guanidine groups is 1. The third-order valence-corrected chi connectivity index (χ3v) is 5.26. The SMILES string of the molecule is CN=C(NCCCOCc1ccco1)NCC(c1ccc(OC)cc1)N1CCOCC1.I. The van der Waals surface area contributed by atoms with Gasteiger partial charge in [0.1, 0.15) is 18.1 Å². The van der Waals surface area contributed by atoms with Gasteiger partial charge in [-0.2, -0.15) is 0 Å². The average molecular weight is 558 g/mol. The first-order valence-corrected chi connectivity index (χ1v) is 10.8. The quantitative estimate of drug-likeness (QED) is 0.190. The first-order valence-electron chi connectivity index (χ1n) is 10.8. The van der Waals surface area contributed by atoms with Crippen LogP contribution in [-0.4, -0.2) is 71.0 Å². The fourth-order valence-corrected chi connectivity index (χ4v) is 3.54. The smallest absolute Gasteiger partial charge is 0.191 e. The summed E-state index contributed by atoms with van der Waals surface area (Å²) in [5, 5.41) is 6.84. The Kier molecular flexibility index (Phi) is 12.5. The first-order chi connectivity index (χ1) is 15.3. The van der Waals surface area contributed by atoms with E-state index in [4.69, 9.17) is 18.6 Å². The number of aliphatic imine (C=N–C) groups is 1. The highest BCUT2D eigenvalue weighted by molar-refractivity contribution is 14.0. The van der Waals surface area contributed by atoms with Crippen LogP contribution < -0.4 is 15.4 Å². The minimum absolute atomic E-state index is 0. The van der Waals surface area contributed by atoms with E-state index < -0.39 is 0 Å². The summed E-state index contributed by atoms with van der Waals surface area (Å²) in [6, 6.07) is 12.3. The Labute approximate surface area is 207 Å². The van der Waals surface area contributed by atoms with Crippen molar-refractivity contribution in [1.29, 1.82) is 0 Å². The van der Waals surface area contributed by atoms with Crippen LogP contribution in [0.15, 0.2) is 52.1 Å². The normalized spacial score (nSPS) is 15.6. The van der Waals surface area contributed by atoms with E-state index in [1.54, 1.807) is 20.4 Å². The Morgan fingerprint density at radius 2 is 1.94 bits per heavy atom. The van der Waals surface area contributed by atoms with E-state index in [0.29, 0.717) is 13.2 Å². The van der Waals surface area contributed by atoms with E-state index in [0.717, 1.165) is 63.3 Å². The monoisotopic (exact) mass is 558 g/mol. The van der Waals surface area contributed by atoms with E-state index >= 15 is 0 Å². The fourth-order valence-electron chi connectivity index (χ4n) is 3.54. The van der Waals surface area contributed by atoms with Crippen LogP contribution in [0.1, 0.15) is 23.8 Å². The Bertz CT molecular complexity index is 765. The standard InChI is InChI=1S/C23H34N4O4.HI/c1-24-23(25-10-4-13-30-18-21-5-3-14-31-21)26-17-22(27-11-15-29-16-12-27)19-6-8-20(28-2)9-7-19;/h3,5-9,14,22H,4,10-13,15-18H2,1-2H3,(H2,24,25,26);1H. The van der Waals surface area contributed by atoms with Gasteiger partial charge in [-0.3, -0.25) is 9.89 Å². The van der Waals surface area contributed by atoms with Gasteiger partial charge in [0.25, 0.3) is 0 Å². The number of nitrogens with one attached hydrogen (secondary N) is 2. The maximum atomic E-state index is 5.62. The largest absolute Gasteiger partial charge is 0.497 e. The second kappa shape index (κ2) is 15.1. The Hall–Kier alpha value is -1.82. The second-order valence-corrected chi connectivity index (χ2v) is 7.30. The molecule has 1 aromatic carbocycles. The van der Waals surface area contributed by atoms with Crippen molar-refractivity contribution in [1.82, 2.24) is 15.5 Å². The van der Waals surface area contributed by atoms with Crippen LogP contribution in [0.3, 0.4) is 0 Å². The molecule has 1 saturated heterocycles. The number of morpholine rings is 1. The number of benzene rings is 1. The first kappa shape index (κ1) is 26.4. The third-order valence-electron chi connectivity index (χ3n) is 5.26. The van der Waals surface area contributed by atoms with Gasteiger partial charge in [0.2, 0.25) is 0 Å². The second-order valence-electron chi connectivity index (χ2n) is 7.30. The van der Waals surface area contributed by atoms with Crippen LogP contribution >= 0.6 is 24.0 Å². The van der Waals surface area contributed by atoms with E-state index in [1.807, 2.05) is 24.3 Å². The Morgan fingerprint density at radius 1 is 1.16 bits per heavy atom. The topological polar surface area (TPSA) is 80.5 Å². The predicted octanol–water partition coefficient (Wildman–Crippen LogP) is 3.05. The molecule has 0 amide bonds. The molecule has 32 heavy (non-hydrogen) atoms. The van der Waals surface area contributed by atoms with Crippen molar-refractivity contribution in [3.8, 4) is 5.75 Å². The van der Waals surface area contributed by atoms with Crippen molar-refractivity contribution in [2.45, 2.75) is 19.1 Å². The third kappa shape index (κ3) is 8.61. The number of halogens is 1. The van der Waals surface area contributed by atoms with Crippen LogP contribution in [0.5, 0.6) is 5.75 Å². The lowest BCUT2D eigenvalue weighted by Crippen LogP contribution is -2.46.